The molecular formula is C22H17N3O2. The van der Waals surface area contributed by atoms with E-state index in [1.165, 1.54) is 0 Å². The van der Waals surface area contributed by atoms with Crippen molar-refractivity contribution in [1.29, 1.82) is 0 Å². The van der Waals surface area contributed by atoms with Crippen LogP contribution in [0.3, 0.4) is 0 Å². The van der Waals surface area contributed by atoms with Gasteiger partial charge in [-0.05, 0) is 28.8 Å². The quantitative estimate of drug-likeness (QED) is 0.516. The van der Waals surface area contributed by atoms with Gasteiger partial charge in [0.25, 0.3) is 10.9 Å². The molecule has 0 bridgehead atoms. The summed E-state index contributed by atoms with van der Waals surface area (Å²) in [5, 5.41) is 6.03. The molecule has 27 heavy (non-hydrogen) atoms. The molecule has 0 aliphatic carbocycles. The molecule has 2 N–H and O–H groups in total. The fraction of sp³-hybridized carbons (Fsp3) is 0.0455. The summed E-state index contributed by atoms with van der Waals surface area (Å²) in [6.07, 6.45) is 3.24. The highest BCUT2D eigenvalue weighted by molar-refractivity contribution is 5.78. The number of hydrogen-bond acceptors (Lipinski definition) is 5. The van der Waals surface area contributed by atoms with Gasteiger partial charge in [-0.15, -0.1) is 0 Å². The maximum Gasteiger partial charge on any atom is 0.253 e. The molecule has 0 aliphatic rings. The summed E-state index contributed by atoms with van der Waals surface area (Å²) in [6.45, 7) is 0.460. The van der Waals surface area contributed by atoms with E-state index < -0.39 is 10.9 Å². The van der Waals surface area contributed by atoms with Gasteiger partial charge in [-0.1, -0.05) is 54.6 Å². The lowest BCUT2D eigenvalue weighted by molar-refractivity contribution is 1.13. The lowest BCUT2D eigenvalue weighted by Crippen LogP contribution is -2.36. The number of hydrogen-bond donors (Lipinski definition) is 2. The van der Waals surface area contributed by atoms with E-state index in [1.807, 2.05) is 42.5 Å². The van der Waals surface area contributed by atoms with Gasteiger partial charge in [0, 0.05) is 12.7 Å². The van der Waals surface area contributed by atoms with Crippen molar-refractivity contribution in [2.75, 3.05) is 10.6 Å². The maximum absolute atomic E-state index is 11.9. The molecule has 0 atom stereocenters. The third kappa shape index (κ3) is 3.48. The van der Waals surface area contributed by atoms with E-state index in [9.17, 15) is 9.59 Å². The first kappa shape index (κ1) is 16.7. The molecule has 0 saturated carbocycles. The maximum atomic E-state index is 11.9. The molecule has 3 aromatic carbocycles. The minimum atomic E-state index is -0.513. The monoisotopic (exact) mass is 355 g/mol. The molecule has 0 radical (unpaired) electrons. The van der Waals surface area contributed by atoms with E-state index in [-0.39, 0.29) is 5.69 Å². The van der Waals surface area contributed by atoms with Gasteiger partial charge in [0.15, 0.2) is 0 Å². The van der Waals surface area contributed by atoms with Crippen LogP contribution in [0.25, 0.3) is 11.1 Å². The SMILES string of the molecule is O=c1c(NCc2ccc(-c3ccccc3)cc2)c(Nc2cccnc2)c1=O. The van der Waals surface area contributed by atoms with E-state index in [4.69, 9.17) is 0 Å². The summed E-state index contributed by atoms with van der Waals surface area (Å²) in [7, 11) is 0. The van der Waals surface area contributed by atoms with Crippen LogP contribution < -0.4 is 21.5 Å². The number of anilines is 3. The van der Waals surface area contributed by atoms with Gasteiger partial charge in [0.05, 0.1) is 11.9 Å². The van der Waals surface area contributed by atoms with Gasteiger partial charge in [0.2, 0.25) is 0 Å². The number of aromatic nitrogens is 1. The average molecular weight is 355 g/mol. The fourth-order valence-electron chi connectivity index (χ4n) is 2.90. The van der Waals surface area contributed by atoms with Gasteiger partial charge >= 0.3 is 0 Å². The van der Waals surface area contributed by atoms with Gasteiger partial charge in [0.1, 0.15) is 11.4 Å². The molecule has 4 rings (SSSR count). The second kappa shape index (κ2) is 7.25. The van der Waals surface area contributed by atoms with Crippen LogP contribution in [0.15, 0.2) is 88.7 Å². The molecule has 0 spiro atoms. The van der Waals surface area contributed by atoms with E-state index in [1.54, 1.807) is 24.5 Å². The summed E-state index contributed by atoms with van der Waals surface area (Å²) in [6, 6.07) is 21.8. The molecule has 0 saturated heterocycles. The second-order valence-electron chi connectivity index (χ2n) is 6.19. The summed E-state index contributed by atoms with van der Waals surface area (Å²) in [4.78, 5) is 27.7. The van der Waals surface area contributed by atoms with Crippen molar-refractivity contribution < 1.29 is 0 Å². The van der Waals surface area contributed by atoms with Crippen molar-refractivity contribution in [2.24, 2.45) is 0 Å². The zero-order valence-corrected chi connectivity index (χ0v) is 14.5. The van der Waals surface area contributed by atoms with Crippen LogP contribution in [0.1, 0.15) is 5.56 Å². The topological polar surface area (TPSA) is 71.1 Å². The lowest BCUT2D eigenvalue weighted by Gasteiger charge is -2.15. The van der Waals surface area contributed by atoms with Crippen LogP contribution >= 0.6 is 0 Å². The summed E-state index contributed by atoms with van der Waals surface area (Å²) in [5.74, 6) is 0. The number of benzene rings is 2. The fourth-order valence-corrected chi connectivity index (χ4v) is 2.90. The summed E-state index contributed by atoms with van der Waals surface area (Å²) in [5.41, 5.74) is 3.57. The lowest BCUT2D eigenvalue weighted by atomic mass is 10.0. The third-order valence-electron chi connectivity index (χ3n) is 4.37. The number of nitrogens with zero attached hydrogens (tertiary/aromatic N) is 1. The Morgan fingerprint density at radius 2 is 1.44 bits per heavy atom. The third-order valence-corrected chi connectivity index (χ3v) is 4.37. The molecular weight excluding hydrogens is 338 g/mol. The number of rotatable bonds is 6. The molecule has 132 valence electrons. The van der Waals surface area contributed by atoms with Crippen molar-refractivity contribution in [3.63, 3.8) is 0 Å². The molecule has 4 aromatic rings. The zero-order chi connectivity index (χ0) is 18.6. The Hall–Kier alpha value is -3.73. The summed E-state index contributed by atoms with van der Waals surface area (Å²) < 4.78 is 0. The van der Waals surface area contributed by atoms with Gasteiger partial charge in [-0.3, -0.25) is 14.6 Å². The first-order valence-electron chi connectivity index (χ1n) is 8.61. The van der Waals surface area contributed by atoms with Crippen LogP contribution in [-0.4, -0.2) is 4.98 Å². The Kier molecular flexibility index (Phi) is 4.49. The van der Waals surface area contributed by atoms with Gasteiger partial charge in [-0.2, -0.15) is 0 Å². The predicted molar refractivity (Wildman–Crippen MR) is 108 cm³/mol. The van der Waals surface area contributed by atoms with Gasteiger partial charge < -0.3 is 10.6 Å². The standard InChI is InChI=1S/C22H17N3O2/c26-21-19(20(22(21)27)25-18-7-4-12-23-14-18)24-13-15-8-10-17(11-9-15)16-5-2-1-3-6-16/h1-12,14,24-25H,13H2. The smallest absolute Gasteiger partial charge is 0.253 e. The van der Waals surface area contributed by atoms with Gasteiger partial charge in [-0.25, -0.2) is 0 Å². The molecule has 1 aromatic heterocycles. The Morgan fingerprint density at radius 3 is 2.15 bits per heavy atom. The van der Waals surface area contributed by atoms with Crippen LogP contribution in [0, 0.1) is 0 Å². The molecule has 0 amide bonds. The van der Waals surface area contributed by atoms with E-state index in [0.717, 1.165) is 16.7 Å². The predicted octanol–water partition coefficient (Wildman–Crippen LogP) is 3.70. The highest BCUT2D eigenvalue weighted by atomic mass is 16.2. The molecule has 5 nitrogen and oxygen atoms in total. The number of pyridine rings is 1. The Balaban J connectivity index is 1.46. The molecule has 5 heteroatoms. The van der Waals surface area contributed by atoms with Crippen LogP contribution in [-0.2, 0) is 6.54 Å². The molecule has 1 heterocycles. The average Bonchev–Trinajstić information content (AvgIpc) is 2.74. The Bertz CT molecular complexity index is 1110. The molecule has 0 aliphatic heterocycles. The van der Waals surface area contributed by atoms with Crippen molar-refractivity contribution in [2.45, 2.75) is 6.54 Å². The van der Waals surface area contributed by atoms with Crippen molar-refractivity contribution in [1.82, 2.24) is 4.98 Å². The van der Waals surface area contributed by atoms with Crippen LogP contribution in [0.5, 0.6) is 0 Å². The van der Waals surface area contributed by atoms with Crippen LogP contribution in [0.2, 0.25) is 0 Å². The first-order valence-corrected chi connectivity index (χ1v) is 8.61. The van der Waals surface area contributed by atoms with Crippen LogP contribution in [0.4, 0.5) is 17.1 Å². The molecule has 0 unspecified atom stereocenters. The second-order valence-corrected chi connectivity index (χ2v) is 6.19. The highest BCUT2D eigenvalue weighted by Crippen LogP contribution is 2.22. The Morgan fingerprint density at radius 1 is 0.741 bits per heavy atom. The Labute approximate surface area is 156 Å². The van der Waals surface area contributed by atoms with Crippen molar-refractivity contribution >= 4 is 17.1 Å². The van der Waals surface area contributed by atoms with Crippen molar-refractivity contribution in [3.8, 4) is 11.1 Å². The minimum Gasteiger partial charge on any atom is -0.376 e. The highest BCUT2D eigenvalue weighted by Gasteiger charge is 2.20. The van der Waals surface area contributed by atoms with E-state index in [2.05, 4.69) is 27.8 Å². The van der Waals surface area contributed by atoms with E-state index >= 15 is 0 Å². The largest absolute Gasteiger partial charge is 0.376 e. The number of nitrogens with one attached hydrogen (secondary N) is 2. The molecule has 0 fully saturated rings. The normalized spacial score (nSPS) is 10.7. The van der Waals surface area contributed by atoms with Crippen molar-refractivity contribution in [3.05, 3.63) is 105 Å². The summed E-state index contributed by atoms with van der Waals surface area (Å²) >= 11 is 0. The zero-order valence-electron chi connectivity index (χ0n) is 14.5. The minimum absolute atomic E-state index is 0.286. The first-order chi connectivity index (χ1) is 13.2. The van der Waals surface area contributed by atoms with E-state index in [0.29, 0.717) is 17.9 Å².